The summed E-state index contributed by atoms with van der Waals surface area (Å²) in [6, 6.07) is 6.78. The predicted molar refractivity (Wildman–Crippen MR) is 135 cm³/mol. The molecule has 1 aliphatic rings. The summed E-state index contributed by atoms with van der Waals surface area (Å²) < 4.78 is 24.9. The lowest BCUT2D eigenvalue weighted by atomic mass is 9.99. The molecule has 1 aliphatic carbocycles. The fraction of sp³-hybridized carbons (Fsp3) is 0.308. The molecule has 0 radical (unpaired) electrons. The van der Waals surface area contributed by atoms with Gasteiger partial charge in [-0.15, -0.1) is 5.10 Å². The minimum Gasteiger partial charge on any atom is -0.425 e. The number of nitrogens with one attached hydrogen (secondary N) is 1. The van der Waals surface area contributed by atoms with Gasteiger partial charge in [0.1, 0.15) is 18.0 Å². The Bertz CT molecular complexity index is 1720. The molecule has 2 N–H and O–H groups in total. The fourth-order valence-corrected chi connectivity index (χ4v) is 5.45. The fourth-order valence-electron chi connectivity index (χ4n) is 5.45. The number of esters is 1. The van der Waals surface area contributed by atoms with E-state index in [1.54, 1.807) is 55.3 Å². The summed E-state index contributed by atoms with van der Waals surface area (Å²) in [6.45, 7) is -0.731. The lowest BCUT2D eigenvalue weighted by Gasteiger charge is -2.13. The number of rotatable bonds is 5. The summed E-state index contributed by atoms with van der Waals surface area (Å²) in [4.78, 5) is 32.8. The Balaban J connectivity index is 1.68. The van der Waals surface area contributed by atoms with Gasteiger partial charge in [-0.05, 0) is 30.5 Å². The minimum absolute atomic E-state index is 0.0726. The van der Waals surface area contributed by atoms with Crippen LogP contribution in [0.3, 0.4) is 0 Å². The van der Waals surface area contributed by atoms with E-state index in [1.807, 2.05) is 4.57 Å². The monoisotopic (exact) mass is 504 g/mol. The number of benzene rings is 1. The first kappa shape index (κ1) is 23.2. The van der Waals surface area contributed by atoms with E-state index in [0.717, 1.165) is 31.2 Å². The number of pyridine rings is 1. The molecule has 0 saturated heterocycles. The second-order valence-corrected chi connectivity index (χ2v) is 9.40. The second kappa shape index (κ2) is 8.70. The van der Waals surface area contributed by atoms with Gasteiger partial charge in [-0.1, -0.05) is 25.0 Å². The van der Waals surface area contributed by atoms with E-state index < -0.39 is 18.5 Å². The smallest absolute Gasteiger partial charge is 0.337 e. The first-order valence-corrected chi connectivity index (χ1v) is 12.1. The van der Waals surface area contributed by atoms with Crippen LogP contribution < -0.4 is 10.4 Å². The summed E-state index contributed by atoms with van der Waals surface area (Å²) in [7, 11) is 3.38. The molecule has 10 nitrogen and oxygen atoms in total. The zero-order chi connectivity index (χ0) is 25.8. The normalized spacial score (nSPS) is 14.3. The van der Waals surface area contributed by atoms with Gasteiger partial charge < -0.3 is 14.8 Å². The summed E-state index contributed by atoms with van der Waals surface area (Å²) >= 11 is 0. The highest BCUT2D eigenvalue weighted by atomic mass is 19.1. The van der Waals surface area contributed by atoms with Gasteiger partial charge in [0.2, 0.25) is 5.95 Å². The van der Waals surface area contributed by atoms with Crippen LogP contribution in [0.4, 0.5) is 4.39 Å². The number of aliphatic hydroxyl groups is 1. The number of fused-ring (bicyclic) bond motifs is 3. The van der Waals surface area contributed by atoms with Gasteiger partial charge in [0.25, 0.3) is 0 Å². The van der Waals surface area contributed by atoms with E-state index in [0.29, 0.717) is 33.4 Å². The first-order valence-electron chi connectivity index (χ1n) is 12.1. The van der Waals surface area contributed by atoms with Crippen molar-refractivity contribution in [3.8, 4) is 28.1 Å². The van der Waals surface area contributed by atoms with Crippen molar-refractivity contribution in [3.05, 3.63) is 53.1 Å². The van der Waals surface area contributed by atoms with E-state index >= 15 is 0 Å². The number of carbonyl (C=O) groups is 1. The van der Waals surface area contributed by atoms with Crippen LogP contribution in [-0.4, -0.2) is 46.6 Å². The lowest BCUT2D eigenvalue weighted by molar-refractivity contribution is -0.137. The first-order chi connectivity index (χ1) is 17.9. The largest absolute Gasteiger partial charge is 0.425 e. The number of H-pyrrole nitrogens is 1. The Morgan fingerprint density at radius 2 is 1.95 bits per heavy atom. The zero-order valence-corrected chi connectivity index (χ0v) is 20.4. The molecule has 0 bridgehead atoms. The predicted octanol–water partition coefficient (Wildman–Crippen LogP) is 3.44. The van der Waals surface area contributed by atoms with Crippen LogP contribution in [0.15, 0.2) is 41.5 Å². The zero-order valence-electron chi connectivity index (χ0n) is 20.4. The van der Waals surface area contributed by atoms with E-state index in [9.17, 15) is 14.0 Å². The van der Waals surface area contributed by atoms with Crippen molar-refractivity contribution in [3.63, 3.8) is 0 Å². The standard InChI is InChI=1S/C26H25FN6O4/c1-31-12-17(24(27)30-31)22-20(14-7-9-16(10-8-14)37-19(35)13-34)21-23-18(11-28-25(21)29-22)32(2)26(36)33(23)15-5-3-4-6-15/h7-12,15,34H,3-6,13H2,1-2H3,(H,28,29). The summed E-state index contributed by atoms with van der Waals surface area (Å²) in [5.74, 6) is -1.14. The Hall–Kier alpha value is -4.25. The highest BCUT2D eigenvalue weighted by Crippen LogP contribution is 2.43. The highest BCUT2D eigenvalue weighted by Gasteiger charge is 2.28. The molecule has 0 spiro atoms. The topological polar surface area (TPSA) is 120 Å². The van der Waals surface area contributed by atoms with E-state index in [2.05, 4.69) is 15.1 Å². The number of carbonyl (C=O) groups excluding carboxylic acids is 1. The van der Waals surface area contributed by atoms with Crippen molar-refractivity contribution < 1.29 is 19.0 Å². The lowest BCUT2D eigenvalue weighted by Crippen LogP contribution is -2.24. The van der Waals surface area contributed by atoms with Crippen molar-refractivity contribution in [2.24, 2.45) is 14.1 Å². The summed E-state index contributed by atoms with van der Waals surface area (Å²) in [6.07, 6.45) is 7.21. The van der Waals surface area contributed by atoms with Gasteiger partial charge in [-0.2, -0.15) is 4.39 Å². The van der Waals surface area contributed by atoms with E-state index in [1.165, 1.54) is 4.68 Å². The Labute approximate surface area is 209 Å². The van der Waals surface area contributed by atoms with E-state index in [4.69, 9.17) is 9.84 Å². The number of imidazole rings is 1. The number of aliphatic hydroxyl groups excluding tert-OH is 1. The maximum atomic E-state index is 15.0. The minimum atomic E-state index is -0.770. The highest BCUT2D eigenvalue weighted by molar-refractivity contribution is 6.14. The Morgan fingerprint density at radius 1 is 1.22 bits per heavy atom. The average Bonchev–Trinajstić information content (AvgIpc) is 3.66. The second-order valence-electron chi connectivity index (χ2n) is 9.40. The molecule has 6 rings (SSSR count). The Morgan fingerprint density at radius 3 is 2.59 bits per heavy atom. The molecule has 11 heteroatoms. The van der Waals surface area contributed by atoms with Crippen LogP contribution in [0, 0.1) is 5.95 Å². The molecular weight excluding hydrogens is 479 g/mol. The molecule has 1 saturated carbocycles. The molecule has 0 unspecified atom stereocenters. The number of hydrogen-bond acceptors (Lipinski definition) is 6. The third kappa shape index (κ3) is 3.65. The molecule has 4 aromatic heterocycles. The van der Waals surface area contributed by atoms with Crippen molar-refractivity contribution in [1.29, 1.82) is 0 Å². The Kier molecular flexibility index (Phi) is 5.45. The number of aromatic amines is 1. The van der Waals surface area contributed by atoms with Crippen LogP contribution in [-0.2, 0) is 18.9 Å². The molecule has 37 heavy (non-hydrogen) atoms. The van der Waals surface area contributed by atoms with Gasteiger partial charge in [0.15, 0.2) is 0 Å². The molecular formula is C26H25FN6O4. The molecule has 1 fully saturated rings. The third-order valence-electron chi connectivity index (χ3n) is 7.12. The van der Waals surface area contributed by atoms with Crippen LogP contribution in [0.5, 0.6) is 5.75 Å². The quantitative estimate of drug-likeness (QED) is 0.280. The maximum Gasteiger partial charge on any atom is 0.337 e. The van der Waals surface area contributed by atoms with Gasteiger partial charge in [-0.3, -0.25) is 13.8 Å². The molecule has 0 atom stereocenters. The van der Waals surface area contributed by atoms with Crippen LogP contribution in [0.2, 0.25) is 0 Å². The SMILES string of the molecule is Cn1cc(-c2[nH]c3ncc4c(c3c2-c2ccc(OC(=O)CO)cc2)n(C2CCCC2)c(=O)n4C)c(F)n1. The van der Waals surface area contributed by atoms with Crippen molar-refractivity contribution >= 4 is 28.0 Å². The molecule has 1 aromatic carbocycles. The number of aromatic nitrogens is 6. The molecule has 0 amide bonds. The molecule has 0 aliphatic heterocycles. The number of nitrogens with zero attached hydrogens (tertiary/aromatic N) is 5. The van der Waals surface area contributed by atoms with Gasteiger partial charge in [0, 0.05) is 31.9 Å². The van der Waals surface area contributed by atoms with Crippen LogP contribution >= 0.6 is 0 Å². The molecule has 190 valence electrons. The average molecular weight is 505 g/mol. The van der Waals surface area contributed by atoms with Crippen molar-refractivity contribution in [2.45, 2.75) is 31.7 Å². The molecule has 4 heterocycles. The van der Waals surface area contributed by atoms with Crippen molar-refractivity contribution in [2.75, 3.05) is 6.61 Å². The molecule has 5 aromatic rings. The van der Waals surface area contributed by atoms with Gasteiger partial charge in [-0.25, -0.2) is 14.6 Å². The van der Waals surface area contributed by atoms with Crippen LogP contribution in [0.1, 0.15) is 31.7 Å². The third-order valence-corrected chi connectivity index (χ3v) is 7.12. The van der Waals surface area contributed by atoms with Crippen molar-refractivity contribution in [1.82, 2.24) is 28.9 Å². The van der Waals surface area contributed by atoms with Gasteiger partial charge >= 0.3 is 11.7 Å². The number of halogens is 1. The number of ether oxygens (including phenoxy) is 1. The number of aryl methyl sites for hydroxylation is 2. The van der Waals surface area contributed by atoms with Crippen LogP contribution in [0.25, 0.3) is 44.5 Å². The van der Waals surface area contributed by atoms with Gasteiger partial charge in [0.05, 0.1) is 33.9 Å². The number of hydrogen-bond donors (Lipinski definition) is 2. The summed E-state index contributed by atoms with van der Waals surface area (Å²) in [5, 5.41) is 13.6. The maximum absolute atomic E-state index is 15.0. The summed E-state index contributed by atoms with van der Waals surface area (Å²) in [5.41, 5.74) is 3.98. The van der Waals surface area contributed by atoms with E-state index in [-0.39, 0.29) is 23.0 Å².